The monoisotopic (exact) mass is 331 g/mol. The van der Waals surface area contributed by atoms with E-state index in [4.69, 9.17) is 0 Å². The molecule has 0 spiro atoms. The molecule has 2 aromatic rings. The van der Waals surface area contributed by atoms with Crippen LogP contribution in [-0.4, -0.2) is 29.3 Å². The van der Waals surface area contributed by atoms with Crippen molar-refractivity contribution in [3.8, 4) is 0 Å². The molecule has 0 fully saturated rings. The molecule has 2 rings (SSSR count). The molecule has 0 amide bonds. The van der Waals surface area contributed by atoms with Gasteiger partial charge in [-0.05, 0) is 44.4 Å². The summed E-state index contributed by atoms with van der Waals surface area (Å²) in [7, 11) is 3.70. The topological polar surface area (TPSA) is 54.2 Å². The van der Waals surface area contributed by atoms with Crippen LogP contribution in [0.4, 0.5) is 4.39 Å². The highest BCUT2D eigenvalue weighted by molar-refractivity contribution is 5.79. The average Bonchev–Trinajstić information content (AvgIpc) is 2.80. The number of aryl methyl sites for hydroxylation is 3. The minimum absolute atomic E-state index is 0.180. The Morgan fingerprint density at radius 2 is 2.08 bits per heavy atom. The quantitative estimate of drug-likeness (QED) is 0.486. The van der Waals surface area contributed by atoms with Gasteiger partial charge >= 0.3 is 0 Å². The van der Waals surface area contributed by atoms with E-state index in [9.17, 15) is 4.39 Å². The van der Waals surface area contributed by atoms with E-state index in [0.29, 0.717) is 6.54 Å². The van der Waals surface area contributed by atoms with Crippen molar-refractivity contribution in [1.29, 1.82) is 0 Å². The first-order valence-corrected chi connectivity index (χ1v) is 8.19. The summed E-state index contributed by atoms with van der Waals surface area (Å²) in [5, 5.41) is 11.0. The van der Waals surface area contributed by atoms with Crippen molar-refractivity contribution in [3.05, 3.63) is 52.6 Å². The standard InChI is InChI=1S/C18H26FN5/c1-13-17(14(2)24(4)23-13)12-22-18(20-3)21-10-6-8-15-7-5-9-16(19)11-15/h5,7,9,11H,6,8,10,12H2,1-4H3,(H2,20,21,22). The van der Waals surface area contributed by atoms with Gasteiger partial charge in [-0.3, -0.25) is 9.67 Å². The van der Waals surface area contributed by atoms with Gasteiger partial charge in [-0.2, -0.15) is 5.10 Å². The Morgan fingerprint density at radius 1 is 1.29 bits per heavy atom. The molecule has 0 unspecified atom stereocenters. The van der Waals surface area contributed by atoms with Crippen LogP contribution < -0.4 is 10.6 Å². The number of halogens is 1. The predicted octanol–water partition coefficient (Wildman–Crippen LogP) is 2.47. The lowest BCUT2D eigenvalue weighted by molar-refractivity contribution is 0.624. The summed E-state index contributed by atoms with van der Waals surface area (Å²) in [5.74, 6) is 0.581. The third-order valence-corrected chi connectivity index (χ3v) is 4.14. The maximum atomic E-state index is 13.1. The molecule has 1 aromatic carbocycles. The largest absolute Gasteiger partial charge is 0.356 e. The van der Waals surface area contributed by atoms with Gasteiger partial charge in [0.05, 0.1) is 5.69 Å². The molecule has 0 aliphatic carbocycles. The third-order valence-electron chi connectivity index (χ3n) is 4.14. The van der Waals surface area contributed by atoms with Crippen molar-refractivity contribution >= 4 is 5.96 Å². The molecule has 2 N–H and O–H groups in total. The molecule has 0 saturated heterocycles. The Hall–Kier alpha value is -2.37. The molecule has 6 heteroatoms. The molecule has 1 aromatic heterocycles. The molecule has 24 heavy (non-hydrogen) atoms. The molecule has 130 valence electrons. The van der Waals surface area contributed by atoms with Crippen molar-refractivity contribution in [1.82, 2.24) is 20.4 Å². The predicted molar refractivity (Wildman–Crippen MR) is 95.6 cm³/mol. The number of aliphatic imine (C=N–C) groups is 1. The molecule has 0 atom stereocenters. The highest BCUT2D eigenvalue weighted by Crippen LogP contribution is 2.11. The van der Waals surface area contributed by atoms with Crippen molar-refractivity contribution in [2.24, 2.45) is 12.0 Å². The molecule has 0 radical (unpaired) electrons. The van der Waals surface area contributed by atoms with Crippen LogP contribution in [0.5, 0.6) is 0 Å². The van der Waals surface area contributed by atoms with Crippen LogP contribution in [0.3, 0.4) is 0 Å². The van der Waals surface area contributed by atoms with E-state index in [0.717, 1.165) is 42.3 Å². The number of benzene rings is 1. The van der Waals surface area contributed by atoms with E-state index >= 15 is 0 Å². The lowest BCUT2D eigenvalue weighted by Gasteiger charge is -2.12. The number of hydrogen-bond donors (Lipinski definition) is 2. The number of hydrogen-bond acceptors (Lipinski definition) is 2. The minimum Gasteiger partial charge on any atom is -0.356 e. The van der Waals surface area contributed by atoms with Crippen molar-refractivity contribution in [3.63, 3.8) is 0 Å². The molecule has 1 heterocycles. The zero-order valence-corrected chi connectivity index (χ0v) is 14.9. The van der Waals surface area contributed by atoms with Crippen LogP contribution in [0.25, 0.3) is 0 Å². The number of aromatic nitrogens is 2. The van der Waals surface area contributed by atoms with E-state index < -0.39 is 0 Å². The summed E-state index contributed by atoms with van der Waals surface area (Å²) < 4.78 is 15.0. The van der Waals surface area contributed by atoms with Crippen LogP contribution >= 0.6 is 0 Å². The maximum absolute atomic E-state index is 13.1. The smallest absolute Gasteiger partial charge is 0.191 e. The second-order valence-corrected chi connectivity index (χ2v) is 5.86. The van der Waals surface area contributed by atoms with Gasteiger partial charge < -0.3 is 10.6 Å². The summed E-state index contributed by atoms with van der Waals surface area (Å²) in [5.41, 5.74) is 4.40. The molecular formula is C18H26FN5. The van der Waals surface area contributed by atoms with Gasteiger partial charge in [-0.15, -0.1) is 0 Å². The summed E-state index contributed by atoms with van der Waals surface area (Å²) in [6.07, 6.45) is 1.75. The summed E-state index contributed by atoms with van der Waals surface area (Å²) in [6, 6.07) is 6.75. The summed E-state index contributed by atoms with van der Waals surface area (Å²) in [6.45, 7) is 5.54. The first kappa shape index (κ1) is 18.0. The number of guanidine groups is 1. The fourth-order valence-electron chi connectivity index (χ4n) is 2.66. The number of nitrogens with zero attached hydrogens (tertiary/aromatic N) is 3. The zero-order chi connectivity index (χ0) is 17.5. The second kappa shape index (κ2) is 8.47. The summed E-state index contributed by atoms with van der Waals surface area (Å²) >= 11 is 0. The van der Waals surface area contributed by atoms with E-state index in [-0.39, 0.29) is 5.82 Å². The SMILES string of the molecule is CN=C(NCCCc1cccc(F)c1)NCc1c(C)nn(C)c1C. The van der Waals surface area contributed by atoms with Gasteiger partial charge in [0.25, 0.3) is 0 Å². The average molecular weight is 331 g/mol. The Labute approximate surface area is 143 Å². The number of rotatable bonds is 6. The normalized spacial score (nSPS) is 11.6. The molecule has 0 saturated carbocycles. The lowest BCUT2D eigenvalue weighted by atomic mass is 10.1. The van der Waals surface area contributed by atoms with Crippen LogP contribution in [0, 0.1) is 19.7 Å². The highest BCUT2D eigenvalue weighted by Gasteiger charge is 2.09. The van der Waals surface area contributed by atoms with Gasteiger partial charge in [0.2, 0.25) is 0 Å². The minimum atomic E-state index is -0.180. The Morgan fingerprint density at radius 3 is 2.71 bits per heavy atom. The van der Waals surface area contributed by atoms with Gasteiger partial charge in [-0.1, -0.05) is 12.1 Å². The van der Waals surface area contributed by atoms with Gasteiger partial charge in [-0.25, -0.2) is 4.39 Å². The third kappa shape index (κ3) is 4.81. The van der Waals surface area contributed by atoms with Gasteiger partial charge in [0.1, 0.15) is 5.82 Å². The lowest BCUT2D eigenvalue weighted by Crippen LogP contribution is -2.37. The van der Waals surface area contributed by atoms with E-state index in [1.165, 1.54) is 11.6 Å². The van der Waals surface area contributed by atoms with Gasteiger partial charge in [0, 0.05) is 38.4 Å². The molecular weight excluding hydrogens is 305 g/mol. The Balaban J connectivity index is 1.76. The second-order valence-electron chi connectivity index (χ2n) is 5.86. The molecule has 5 nitrogen and oxygen atoms in total. The highest BCUT2D eigenvalue weighted by atomic mass is 19.1. The van der Waals surface area contributed by atoms with Crippen molar-refractivity contribution < 1.29 is 4.39 Å². The first-order valence-electron chi connectivity index (χ1n) is 8.19. The van der Waals surface area contributed by atoms with E-state index in [2.05, 4.69) is 27.6 Å². The fourth-order valence-corrected chi connectivity index (χ4v) is 2.66. The summed E-state index contributed by atoms with van der Waals surface area (Å²) in [4.78, 5) is 4.24. The van der Waals surface area contributed by atoms with E-state index in [1.54, 1.807) is 19.2 Å². The van der Waals surface area contributed by atoms with Crippen molar-refractivity contribution in [2.75, 3.05) is 13.6 Å². The fraction of sp³-hybridized carbons (Fsp3) is 0.444. The van der Waals surface area contributed by atoms with Crippen LogP contribution in [0.15, 0.2) is 29.3 Å². The van der Waals surface area contributed by atoms with E-state index in [1.807, 2.05) is 24.7 Å². The van der Waals surface area contributed by atoms with Gasteiger partial charge in [0.15, 0.2) is 5.96 Å². The van der Waals surface area contributed by atoms with Crippen LogP contribution in [0.1, 0.15) is 28.9 Å². The van der Waals surface area contributed by atoms with Crippen molar-refractivity contribution in [2.45, 2.75) is 33.2 Å². The first-order chi connectivity index (χ1) is 11.5. The molecule has 0 aliphatic heterocycles. The molecule has 0 bridgehead atoms. The Kier molecular flexibility index (Phi) is 6.35. The zero-order valence-electron chi connectivity index (χ0n) is 14.9. The maximum Gasteiger partial charge on any atom is 0.191 e. The molecule has 0 aliphatic rings. The Bertz CT molecular complexity index is 705. The number of nitrogens with one attached hydrogen (secondary N) is 2. The van der Waals surface area contributed by atoms with Crippen LogP contribution in [-0.2, 0) is 20.0 Å². The van der Waals surface area contributed by atoms with Crippen LogP contribution in [0.2, 0.25) is 0 Å².